The lowest BCUT2D eigenvalue weighted by atomic mass is 10.00. The van der Waals surface area contributed by atoms with Crippen molar-refractivity contribution in [2.45, 2.75) is 39.8 Å². The number of nitrogens with zero attached hydrogens (tertiary/aromatic N) is 1. The molecule has 1 heterocycles. The molecular weight excluding hydrogens is 208 g/mol. The summed E-state index contributed by atoms with van der Waals surface area (Å²) in [6, 6.07) is 0.192. The summed E-state index contributed by atoms with van der Waals surface area (Å²) in [6.45, 7) is 7.32. The minimum Gasteiger partial charge on any atom is -0.395 e. The number of thiazole rings is 1. The smallest absolute Gasteiger partial charge is 0.0897 e. The first-order valence-electron chi connectivity index (χ1n) is 5.43. The van der Waals surface area contributed by atoms with Crippen LogP contribution in [-0.4, -0.2) is 22.7 Å². The van der Waals surface area contributed by atoms with E-state index in [0.29, 0.717) is 5.92 Å². The van der Waals surface area contributed by atoms with E-state index in [2.05, 4.69) is 24.1 Å². The molecule has 86 valence electrons. The summed E-state index contributed by atoms with van der Waals surface area (Å²) >= 11 is 1.70. The quantitative estimate of drug-likeness (QED) is 0.782. The third-order valence-electron chi connectivity index (χ3n) is 2.74. The van der Waals surface area contributed by atoms with Crippen molar-refractivity contribution in [2.24, 2.45) is 5.92 Å². The molecule has 2 atom stereocenters. The highest BCUT2D eigenvalue weighted by molar-refractivity contribution is 7.11. The lowest BCUT2D eigenvalue weighted by Crippen LogP contribution is -2.37. The number of nitrogens with one attached hydrogen (secondary N) is 1. The molecule has 0 aliphatic heterocycles. The molecule has 3 nitrogen and oxygen atoms in total. The fraction of sp³-hybridized carbons (Fsp3) is 0.727. The molecule has 2 N–H and O–H groups in total. The molecule has 0 aliphatic carbocycles. The van der Waals surface area contributed by atoms with E-state index in [1.54, 1.807) is 11.3 Å². The lowest BCUT2D eigenvalue weighted by Gasteiger charge is -2.21. The van der Waals surface area contributed by atoms with E-state index >= 15 is 0 Å². The van der Waals surface area contributed by atoms with Gasteiger partial charge in [-0.15, -0.1) is 11.3 Å². The standard InChI is InChI=1S/C11H20N2OS/c1-4-8(2)11(7-14)13-6-10-5-12-9(3)15-10/h5,8,11,13-14H,4,6-7H2,1-3H3. The third-order valence-corrected chi connectivity index (χ3v) is 3.65. The zero-order valence-electron chi connectivity index (χ0n) is 9.66. The number of aliphatic hydroxyl groups excluding tert-OH is 1. The van der Waals surface area contributed by atoms with Gasteiger partial charge in [-0.2, -0.15) is 0 Å². The largest absolute Gasteiger partial charge is 0.395 e. The molecule has 4 heteroatoms. The highest BCUT2D eigenvalue weighted by Crippen LogP contribution is 2.13. The molecule has 0 bridgehead atoms. The second kappa shape index (κ2) is 6.20. The normalized spacial score (nSPS) is 15.2. The first kappa shape index (κ1) is 12.6. The van der Waals surface area contributed by atoms with E-state index in [0.717, 1.165) is 18.0 Å². The Morgan fingerprint density at radius 2 is 2.33 bits per heavy atom. The molecule has 0 radical (unpaired) electrons. The van der Waals surface area contributed by atoms with Crippen molar-refractivity contribution in [3.05, 3.63) is 16.1 Å². The van der Waals surface area contributed by atoms with Gasteiger partial charge in [0.25, 0.3) is 0 Å². The van der Waals surface area contributed by atoms with E-state index in [1.165, 1.54) is 4.88 Å². The summed E-state index contributed by atoms with van der Waals surface area (Å²) < 4.78 is 0. The van der Waals surface area contributed by atoms with Crippen LogP contribution in [-0.2, 0) is 6.54 Å². The van der Waals surface area contributed by atoms with Gasteiger partial charge in [-0.1, -0.05) is 20.3 Å². The second-order valence-corrected chi connectivity index (χ2v) is 5.22. The maximum Gasteiger partial charge on any atom is 0.0897 e. The van der Waals surface area contributed by atoms with Gasteiger partial charge in [-0.3, -0.25) is 0 Å². The maximum absolute atomic E-state index is 9.24. The third kappa shape index (κ3) is 3.89. The maximum atomic E-state index is 9.24. The predicted molar refractivity (Wildman–Crippen MR) is 64.0 cm³/mol. The molecule has 0 aliphatic rings. The van der Waals surface area contributed by atoms with Crippen LogP contribution in [0.5, 0.6) is 0 Å². The average Bonchev–Trinajstić information content (AvgIpc) is 2.64. The molecule has 0 saturated carbocycles. The molecular formula is C11H20N2OS. The fourth-order valence-electron chi connectivity index (χ4n) is 1.45. The summed E-state index contributed by atoms with van der Waals surface area (Å²) in [6.07, 6.45) is 2.98. The van der Waals surface area contributed by atoms with Crippen LogP contribution in [0.3, 0.4) is 0 Å². The SMILES string of the molecule is CCC(C)C(CO)NCc1cnc(C)s1. The van der Waals surface area contributed by atoms with E-state index in [-0.39, 0.29) is 12.6 Å². The highest BCUT2D eigenvalue weighted by Gasteiger charge is 2.14. The van der Waals surface area contributed by atoms with E-state index in [1.807, 2.05) is 13.1 Å². The Morgan fingerprint density at radius 3 is 2.80 bits per heavy atom. The fourth-order valence-corrected chi connectivity index (χ4v) is 2.19. The molecule has 15 heavy (non-hydrogen) atoms. The Hall–Kier alpha value is -0.450. The number of hydrogen-bond acceptors (Lipinski definition) is 4. The first-order valence-corrected chi connectivity index (χ1v) is 6.24. The highest BCUT2D eigenvalue weighted by atomic mass is 32.1. The molecule has 2 unspecified atom stereocenters. The van der Waals surface area contributed by atoms with Crippen LogP contribution >= 0.6 is 11.3 Å². The van der Waals surface area contributed by atoms with Gasteiger partial charge in [0.1, 0.15) is 0 Å². The number of aromatic nitrogens is 1. The molecule has 0 aromatic carbocycles. The van der Waals surface area contributed by atoms with Crippen molar-refractivity contribution < 1.29 is 5.11 Å². The zero-order chi connectivity index (χ0) is 11.3. The Morgan fingerprint density at radius 1 is 1.60 bits per heavy atom. The average molecular weight is 228 g/mol. The summed E-state index contributed by atoms with van der Waals surface area (Å²) in [5, 5.41) is 13.7. The van der Waals surface area contributed by atoms with Crippen LogP contribution in [0.4, 0.5) is 0 Å². The van der Waals surface area contributed by atoms with Crippen LogP contribution in [0, 0.1) is 12.8 Å². The predicted octanol–water partition coefficient (Wildman–Crippen LogP) is 1.95. The van der Waals surface area contributed by atoms with E-state index in [4.69, 9.17) is 0 Å². The number of aliphatic hydroxyl groups is 1. The van der Waals surface area contributed by atoms with Crippen LogP contribution in [0.1, 0.15) is 30.2 Å². The van der Waals surface area contributed by atoms with E-state index in [9.17, 15) is 5.11 Å². The Kier molecular flexibility index (Phi) is 5.22. The second-order valence-electron chi connectivity index (χ2n) is 3.90. The van der Waals surface area contributed by atoms with Gasteiger partial charge in [0.05, 0.1) is 11.6 Å². The van der Waals surface area contributed by atoms with Gasteiger partial charge in [0, 0.05) is 23.7 Å². The molecule has 1 aromatic rings. The molecule has 0 amide bonds. The summed E-state index contributed by atoms with van der Waals surface area (Å²) in [5.74, 6) is 0.504. The molecule has 0 spiro atoms. The Bertz CT molecular complexity index is 288. The van der Waals surface area contributed by atoms with Crippen molar-refractivity contribution in [1.82, 2.24) is 10.3 Å². The van der Waals surface area contributed by atoms with Crippen LogP contribution < -0.4 is 5.32 Å². The van der Waals surface area contributed by atoms with Gasteiger partial charge in [-0.05, 0) is 12.8 Å². The Labute approximate surface area is 95.6 Å². The molecule has 0 saturated heterocycles. The number of rotatable bonds is 6. The van der Waals surface area contributed by atoms with Gasteiger partial charge < -0.3 is 10.4 Å². The van der Waals surface area contributed by atoms with E-state index < -0.39 is 0 Å². The number of hydrogen-bond donors (Lipinski definition) is 2. The summed E-state index contributed by atoms with van der Waals surface area (Å²) in [5.41, 5.74) is 0. The molecule has 1 aromatic heterocycles. The first-order chi connectivity index (χ1) is 7.17. The monoisotopic (exact) mass is 228 g/mol. The molecule has 1 rings (SSSR count). The Balaban J connectivity index is 2.40. The lowest BCUT2D eigenvalue weighted by molar-refractivity contribution is 0.201. The summed E-state index contributed by atoms with van der Waals surface area (Å²) in [4.78, 5) is 5.43. The van der Waals surface area contributed by atoms with Gasteiger partial charge in [-0.25, -0.2) is 4.98 Å². The molecule has 0 fully saturated rings. The van der Waals surface area contributed by atoms with Gasteiger partial charge in [0.15, 0.2) is 0 Å². The van der Waals surface area contributed by atoms with Crippen molar-refractivity contribution in [2.75, 3.05) is 6.61 Å². The van der Waals surface area contributed by atoms with Crippen molar-refractivity contribution in [3.8, 4) is 0 Å². The zero-order valence-corrected chi connectivity index (χ0v) is 10.5. The van der Waals surface area contributed by atoms with Crippen molar-refractivity contribution >= 4 is 11.3 Å². The van der Waals surface area contributed by atoms with Crippen LogP contribution in [0.25, 0.3) is 0 Å². The minimum atomic E-state index is 0.192. The summed E-state index contributed by atoms with van der Waals surface area (Å²) in [7, 11) is 0. The van der Waals surface area contributed by atoms with Gasteiger partial charge in [0.2, 0.25) is 0 Å². The minimum absolute atomic E-state index is 0.192. The van der Waals surface area contributed by atoms with Gasteiger partial charge >= 0.3 is 0 Å². The number of aryl methyl sites for hydroxylation is 1. The van der Waals surface area contributed by atoms with Crippen LogP contribution in [0.15, 0.2) is 6.20 Å². The van der Waals surface area contributed by atoms with Crippen LogP contribution in [0.2, 0.25) is 0 Å². The van der Waals surface area contributed by atoms with Crippen molar-refractivity contribution in [1.29, 1.82) is 0 Å². The van der Waals surface area contributed by atoms with Crippen molar-refractivity contribution in [3.63, 3.8) is 0 Å². The topological polar surface area (TPSA) is 45.1 Å².